The van der Waals surface area contributed by atoms with Crippen molar-refractivity contribution >= 4 is 11.6 Å². The van der Waals surface area contributed by atoms with Gasteiger partial charge in [-0.15, -0.1) is 0 Å². The van der Waals surface area contributed by atoms with Crippen molar-refractivity contribution in [2.75, 3.05) is 31.1 Å². The van der Waals surface area contributed by atoms with Crippen molar-refractivity contribution in [2.24, 2.45) is 5.92 Å². The van der Waals surface area contributed by atoms with Crippen molar-refractivity contribution in [3.8, 4) is 0 Å². The summed E-state index contributed by atoms with van der Waals surface area (Å²) >= 11 is 0. The van der Waals surface area contributed by atoms with Crippen LogP contribution in [0.2, 0.25) is 0 Å². The smallest absolute Gasteiger partial charge is 0.272 e. The molecule has 2 aliphatic heterocycles. The van der Waals surface area contributed by atoms with Crippen LogP contribution in [0.5, 0.6) is 0 Å². The number of carbonyl (C=O) groups excluding carboxylic acids is 1. The summed E-state index contributed by atoms with van der Waals surface area (Å²) in [5, 5.41) is 0. The molecule has 3 heterocycles. The third-order valence-electron chi connectivity index (χ3n) is 5.95. The number of aromatic nitrogens is 1. The van der Waals surface area contributed by atoms with Gasteiger partial charge in [0.2, 0.25) is 0 Å². The van der Waals surface area contributed by atoms with E-state index in [9.17, 15) is 4.79 Å². The normalized spacial score (nSPS) is 18.5. The molecule has 2 aromatic rings. The summed E-state index contributed by atoms with van der Waals surface area (Å²) in [6, 6.07) is 14.8. The lowest BCUT2D eigenvalue weighted by Crippen LogP contribution is -2.37. The van der Waals surface area contributed by atoms with Crippen LogP contribution >= 0.6 is 0 Å². The van der Waals surface area contributed by atoms with Gasteiger partial charge in [-0.3, -0.25) is 9.78 Å². The molecule has 0 saturated carbocycles. The number of rotatable bonds is 4. The molecule has 27 heavy (non-hydrogen) atoms. The van der Waals surface area contributed by atoms with Crippen molar-refractivity contribution in [3.63, 3.8) is 0 Å². The van der Waals surface area contributed by atoms with Crippen LogP contribution in [0, 0.1) is 5.92 Å². The molecule has 0 unspecified atom stereocenters. The van der Waals surface area contributed by atoms with Gasteiger partial charge in [-0.1, -0.05) is 30.3 Å². The molecule has 2 fully saturated rings. The molecule has 0 aliphatic carbocycles. The molecule has 1 amide bonds. The lowest BCUT2D eigenvalue weighted by molar-refractivity contribution is 0.0718. The number of carbonyl (C=O) groups is 1. The van der Waals surface area contributed by atoms with E-state index in [2.05, 4.69) is 40.2 Å². The van der Waals surface area contributed by atoms with Crippen LogP contribution in [0.25, 0.3) is 0 Å². The van der Waals surface area contributed by atoms with E-state index in [0.717, 1.165) is 50.6 Å². The standard InChI is InChI=1S/C23H29N3O/c27-23(26-13-5-2-6-14-26)22-18-21(9-12-24-22)25-15-10-20(11-16-25)17-19-7-3-1-4-8-19/h1,3-4,7-9,12,18,20H,2,5-6,10-11,13-17H2. The first-order valence-corrected chi connectivity index (χ1v) is 10.3. The predicted molar refractivity (Wildman–Crippen MR) is 109 cm³/mol. The first kappa shape index (κ1) is 18.0. The van der Waals surface area contributed by atoms with Gasteiger partial charge in [0, 0.05) is 38.1 Å². The lowest BCUT2D eigenvalue weighted by atomic mass is 9.90. The van der Waals surface area contributed by atoms with Gasteiger partial charge in [-0.25, -0.2) is 0 Å². The second kappa shape index (κ2) is 8.55. The summed E-state index contributed by atoms with van der Waals surface area (Å²) in [5.74, 6) is 0.843. The first-order valence-electron chi connectivity index (χ1n) is 10.3. The molecule has 0 N–H and O–H groups in total. The number of nitrogens with zero attached hydrogens (tertiary/aromatic N) is 3. The molecule has 1 aromatic heterocycles. The Morgan fingerprint density at radius 1 is 0.963 bits per heavy atom. The second-order valence-corrected chi connectivity index (χ2v) is 7.87. The number of likely N-dealkylation sites (tertiary alicyclic amines) is 1. The van der Waals surface area contributed by atoms with Crippen LogP contribution in [0.15, 0.2) is 48.7 Å². The quantitative estimate of drug-likeness (QED) is 0.818. The number of hydrogen-bond donors (Lipinski definition) is 0. The Balaban J connectivity index is 1.36. The maximum Gasteiger partial charge on any atom is 0.272 e. The highest BCUT2D eigenvalue weighted by molar-refractivity contribution is 5.93. The highest BCUT2D eigenvalue weighted by Crippen LogP contribution is 2.26. The van der Waals surface area contributed by atoms with E-state index < -0.39 is 0 Å². The van der Waals surface area contributed by atoms with E-state index in [1.165, 1.54) is 31.2 Å². The Morgan fingerprint density at radius 2 is 1.70 bits per heavy atom. The van der Waals surface area contributed by atoms with Gasteiger partial charge in [0.05, 0.1) is 0 Å². The van der Waals surface area contributed by atoms with Gasteiger partial charge in [-0.05, 0) is 62.1 Å². The SMILES string of the molecule is O=C(c1cc(N2CCC(Cc3ccccc3)CC2)ccn1)N1CCCCC1. The summed E-state index contributed by atoms with van der Waals surface area (Å²) in [6.45, 7) is 3.85. The van der Waals surface area contributed by atoms with Crippen LogP contribution in [-0.4, -0.2) is 42.0 Å². The monoisotopic (exact) mass is 363 g/mol. The fraction of sp³-hybridized carbons (Fsp3) is 0.478. The molecular weight excluding hydrogens is 334 g/mol. The minimum atomic E-state index is 0.0931. The maximum atomic E-state index is 12.7. The van der Waals surface area contributed by atoms with E-state index in [0.29, 0.717) is 5.69 Å². The topological polar surface area (TPSA) is 36.4 Å². The lowest BCUT2D eigenvalue weighted by Gasteiger charge is -2.34. The van der Waals surface area contributed by atoms with Crippen molar-refractivity contribution in [1.29, 1.82) is 0 Å². The molecule has 2 aliphatic rings. The zero-order valence-corrected chi connectivity index (χ0v) is 16.0. The largest absolute Gasteiger partial charge is 0.371 e. The van der Waals surface area contributed by atoms with Crippen LogP contribution < -0.4 is 4.90 Å². The van der Waals surface area contributed by atoms with E-state index in [1.807, 2.05) is 17.0 Å². The van der Waals surface area contributed by atoms with E-state index in [1.54, 1.807) is 6.20 Å². The predicted octanol–water partition coefficient (Wildman–Crippen LogP) is 4.17. The van der Waals surface area contributed by atoms with Gasteiger partial charge in [0.25, 0.3) is 5.91 Å². The van der Waals surface area contributed by atoms with Gasteiger partial charge in [-0.2, -0.15) is 0 Å². The minimum Gasteiger partial charge on any atom is -0.371 e. The molecule has 2 saturated heterocycles. The second-order valence-electron chi connectivity index (χ2n) is 7.87. The summed E-state index contributed by atoms with van der Waals surface area (Å²) in [4.78, 5) is 21.5. The number of benzene rings is 1. The molecule has 0 atom stereocenters. The van der Waals surface area contributed by atoms with Crippen LogP contribution in [0.1, 0.15) is 48.2 Å². The van der Waals surface area contributed by atoms with E-state index in [-0.39, 0.29) is 5.91 Å². The van der Waals surface area contributed by atoms with Crippen molar-refractivity contribution in [3.05, 3.63) is 59.9 Å². The van der Waals surface area contributed by atoms with Gasteiger partial charge < -0.3 is 9.80 Å². The first-order chi connectivity index (χ1) is 13.3. The highest BCUT2D eigenvalue weighted by atomic mass is 16.2. The zero-order valence-electron chi connectivity index (χ0n) is 16.0. The van der Waals surface area contributed by atoms with Crippen molar-refractivity contribution in [1.82, 2.24) is 9.88 Å². The number of hydrogen-bond acceptors (Lipinski definition) is 3. The Hall–Kier alpha value is -2.36. The van der Waals surface area contributed by atoms with Crippen molar-refractivity contribution in [2.45, 2.75) is 38.5 Å². The van der Waals surface area contributed by atoms with Gasteiger partial charge >= 0.3 is 0 Å². The fourth-order valence-corrected chi connectivity index (χ4v) is 4.33. The van der Waals surface area contributed by atoms with Crippen molar-refractivity contribution < 1.29 is 4.79 Å². The van der Waals surface area contributed by atoms with Gasteiger partial charge in [0.1, 0.15) is 5.69 Å². The molecule has 1 aromatic carbocycles. The zero-order chi connectivity index (χ0) is 18.5. The fourth-order valence-electron chi connectivity index (χ4n) is 4.33. The Morgan fingerprint density at radius 3 is 2.44 bits per heavy atom. The van der Waals surface area contributed by atoms with Crippen LogP contribution in [0.4, 0.5) is 5.69 Å². The molecule has 4 heteroatoms. The molecule has 142 valence electrons. The Kier molecular flexibility index (Phi) is 5.71. The Bertz CT molecular complexity index is 747. The maximum absolute atomic E-state index is 12.7. The minimum absolute atomic E-state index is 0.0931. The number of piperidine rings is 2. The molecule has 4 nitrogen and oxygen atoms in total. The highest BCUT2D eigenvalue weighted by Gasteiger charge is 2.23. The summed E-state index contributed by atoms with van der Waals surface area (Å²) in [5.41, 5.74) is 3.18. The summed E-state index contributed by atoms with van der Waals surface area (Å²) in [6.07, 6.45) is 8.82. The third kappa shape index (κ3) is 4.49. The molecule has 0 bridgehead atoms. The molecular formula is C23H29N3O. The number of amides is 1. The van der Waals surface area contributed by atoms with E-state index in [4.69, 9.17) is 0 Å². The van der Waals surface area contributed by atoms with E-state index >= 15 is 0 Å². The average Bonchev–Trinajstić information content (AvgIpc) is 2.75. The molecule has 0 spiro atoms. The summed E-state index contributed by atoms with van der Waals surface area (Å²) in [7, 11) is 0. The Labute approximate surface area is 162 Å². The molecule has 4 rings (SSSR count). The summed E-state index contributed by atoms with van der Waals surface area (Å²) < 4.78 is 0. The van der Waals surface area contributed by atoms with Crippen LogP contribution in [-0.2, 0) is 6.42 Å². The third-order valence-corrected chi connectivity index (χ3v) is 5.95. The van der Waals surface area contributed by atoms with Crippen LogP contribution in [0.3, 0.4) is 0 Å². The number of anilines is 1. The number of pyridine rings is 1. The van der Waals surface area contributed by atoms with Gasteiger partial charge in [0.15, 0.2) is 0 Å². The molecule has 0 radical (unpaired) electrons. The average molecular weight is 364 g/mol.